The molecule has 3 aromatic rings. The number of anilines is 2. The number of aromatic nitrogens is 5. The summed E-state index contributed by atoms with van der Waals surface area (Å²) in [6, 6.07) is 3.86. The van der Waals surface area contributed by atoms with E-state index in [1.54, 1.807) is 10.8 Å². The lowest BCUT2D eigenvalue weighted by Gasteiger charge is -2.18. The number of nitrogens with one attached hydrogen (secondary N) is 1. The maximum Gasteiger partial charge on any atom is 0.167 e. The fraction of sp³-hybridized carbons (Fsp3) is 0.474. The number of halogens is 1. The van der Waals surface area contributed by atoms with Crippen molar-refractivity contribution in [2.75, 3.05) is 29.9 Å². The molecular formula is C19H22ClN7O4. The highest BCUT2D eigenvalue weighted by Crippen LogP contribution is 2.32. The molecule has 0 aromatic carbocycles. The quantitative estimate of drug-likeness (QED) is 0.427. The average molecular weight is 448 g/mol. The van der Waals surface area contributed by atoms with Crippen LogP contribution in [0.1, 0.15) is 12.6 Å². The predicted octanol–water partition coefficient (Wildman–Crippen LogP) is 0.177. The topological polar surface area (TPSA) is 142 Å². The number of nitrogens with zero attached hydrogens (tertiary/aromatic N) is 6. The number of pyridine rings is 1. The van der Waals surface area contributed by atoms with Crippen molar-refractivity contribution in [2.24, 2.45) is 0 Å². The lowest BCUT2D eigenvalue weighted by atomic mass is 10.1. The smallest absolute Gasteiger partial charge is 0.167 e. The monoisotopic (exact) mass is 447 g/mol. The zero-order valence-corrected chi connectivity index (χ0v) is 17.2. The third-order valence-corrected chi connectivity index (χ3v) is 5.94. The number of aliphatic hydroxyl groups is 3. The molecular weight excluding hydrogens is 426 g/mol. The van der Waals surface area contributed by atoms with Crippen LogP contribution >= 0.6 is 11.6 Å². The van der Waals surface area contributed by atoms with Crippen molar-refractivity contribution in [2.45, 2.75) is 37.0 Å². The summed E-state index contributed by atoms with van der Waals surface area (Å²) in [6.45, 7) is 1.19. The summed E-state index contributed by atoms with van der Waals surface area (Å²) in [5.41, 5.74) is 0.991. The van der Waals surface area contributed by atoms with Gasteiger partial charge in [0.1, 0.15) is 30.5 Å². The van der Waals surface area contributed by atoms with Crippen LogP contribution in [0, 0.1) is 0 Å². The molecule has 31 heavy (non-hydrogen) atoms. The average Bonchev–Trinajstić information content (AvgIpc) is 3.48. The molecule has 164 valence electrons. The molecule has 5 atom stereocenters. The van der Waals surface area contributed by atoms with Gasteiger partial charge in [0.25, 0.3) is 0 Å². The Labute approximate surface area is 182 Å². The molecule has 5 heterocycles. The van der Waals surface area contributed by atoms with E-state index in [-0.39, 0.29) is 6.04 Å². The fourth-order valence-corrected chi connectivity index (χ4v) is 4.20. The minimum Gasteiger partial charge on any atom is -0.394 e. The first-order chi connectivity index (χ1) is 15.0. The second-order valence-electron chi connectivity index (χ2n) is 7.69. The summed E-state index contributed by atoms with van der Waals surface area (Å²) >= 11 is 5.92. The Bertz CT molecular complexity index is 1070. The van der Waals surface area contributed by atoms with Crippen LogP contribution in [-0.2, 0) is 4.74 Å². The lowest BCUT2D eigenvalue weighted by molar-refractivity contribution is -0.0511. The number of fused-ring (bicyclic) bond motifs is 1. The van der Waals surface area contributed by atoms with Gasteiger partial charge in [0.05, 0.1) is 18.0 Å². The molecule has 3 aromatic heterocycles. The van der Waals surface area contributed by atoms with E-state index in [0.717, 1.165) is 25.3 Å². The summed E-state index contributed by atoms with van der Waals surface area (Å²) in [4.78, 5) is 19.6. The van der Waals surface area contributed by atoms with E-state index in [2.05, 4.69) is 30.2 Å². The number of aliphatic hydroxyl groups excluding tert-OH is 3. The molecule has 0 spiro atoms. The molecule has 2 aliphatic heterocycles. The minimum absolute atomic E-state index is 0.134. The number of ether oxygens (including phenoxy) is 1. The standard InChI is InChI=1S/C19H22ClN7O4/c20-10-1-2-13(21-5-10)26-4-3-11(6-26)25-17-14-18(23-8-22-17)27(9-24-14)19-16(30)15(29)12(7-28)31-19/h1-2,5,8-9,11-12,15-16,19,28-30H,3-4,6-7H2,(H,22,23,25)/t11-,12-,15-,16-,19-/m1/s1. The van der Waals surface area contributed by atoms with Crippen LogP contribution in [0.4, 0.5) is 11.6 Å². The van der Waals surface area contributed by atoms with E-state index in [1.807, 2.05) is 12.1 Å². The van der Waals surface area contributed by atoms with Gasteiger partial charge in [0.15, 0.2) is 23.2 Å². The summed E-state index contributed by atoms with van der Waals surface area (Å²) in [6.07, 6.45) is 1.25. The zero-order chi connectivity index (χ0) is 21.5. The molecule has 0 unspecified atom stereocenters. The first kappa shape index (κ1) is 20.3. The first-order valence-corrected chi connectivity index (χ1v) is 10.4. The Balaban J connectivity index is 1.34. The SMILES string of the molecule is OC[C@H]1O[C@@H](n2cnc3c(N[C@@H]4CCN(c5ccc(Cl)cn5)C4)ncnc32)[C@H](O)[C@@H]1O. The van der Waals surface area contributed by atoms with Gasteiger partial charge in [-0.1, -0.05) is 11.6 Å². The molecule has 12 heteroatoms. The Morgan fingerprint density at radius 2 is 2.03 bits per heavy atom. The number of imidazole rings is 1. The highest BCUT2D eigenvalue weighted by atomic mass is 35.5. The van der Waals surface area contributed by atoms with E-state index >= 15 is 0 Å². The van der Waals surface area contributed by atoms with Crippen molar-refractivity contribution < 1.29 is 20.1 Å². The van der Waals surface area contributed by atoms with Gasteiger partial charge in [0.2, 0.25) is 0 Å². The molecule has 0 radical (unpaired) electrons. The molecule has 0 saturated carbocycles. The maximum atomic E-state index is 10.3. The third-order valence-electron chi connectivity index (χ3n) is 5.71. The molecule has 11 nitrogen and oxygen atoms in total. The number of hydrogen-bond acceptors (Lipinski definition) is 10. The van der Waals surface area contributed by atoms with Gasteiger partial charge >= 0.3 is 0 Å². The first-order valence-electron chi connectivity index (χ1n) is 9.98. The van der Waals surface area contributed by atoms with Gasteiger partial charge in [-0.15, -0.1) is 0 Å². The normalized spacial score (nSPS) is 28.5. The molecule has 0 aliphatic carbocycles. The second-order valence-corrected chi connectivity index (χ2v) is 8.12. The van der Waals surface area contributed by atoms with Gasteiger partial charge < -0.3 is 30.3 Å². The highest BCUT2D eigenvalue weighted by molar-refractivity contribution is 6.30. The van der Waals surface area contributed by atoms with Crippen LogP contribution in [0.3, 0.4) is 0 Å². The van der Waals surface area contributed by atoms with Crippen LogP contribution in [0.5, 0.6) is 0 Å². The van der Waals surface area contributed by atoms with Crippen LogP contribution in [0.15, 0.2) is 31.0 Å². The van der Waals surface area contributed by atoms with E-state index in [0.29, 0.717) is 22.0 Å². The largest absolute Gasteiger partial charge is 0.394 e. The van der Waals surface area contributed by atoms with Gasteiger partial charge in [-0.05, 0) is 18.6 Å². The summed E-state index contributed by atoms with van der Waals surface area (Å²) < 4.78 is 7.15. The lowest BCUT2D eigenvalue weighted by Crippen LogP contribution is -2.33. The Morgan fingerprint density at radius 3 is 2.77 bits per heavy atom. The number of hydrogen-bond donors (Lipinski definition) is 4. The molecule has 2 fully saturated rings. The third kappa shape index (κ3) is 3.68. The molecule has 2 saturated heterocycles. The molecule has 2 aliphatic rings. The molecule has 4 N–H and O–H groups in total. The van der Waals surface area contributed by atoms with Crippen molar-refractivity contribution in [1.82, 2.24) is 24.5 Å². The molecule has 5 rings (SSSR count). The van der Waals surface area contributed by atoms with Crippen LogP contribution in [-0.4, -0.2) is 83.9 Å². The zero-order valence-electron chi connectivity index (χ0n) is 16.4. The van der Waals surface area contributed by atoms with E-state index in [9.17, 15) is 15.3 Å². The molecule has 0 bridgehead atoms. The molecule has 0 amide bonds. The van der Waals surface area contributed by atoms with E-state index < -0.39 is 31.1 Å². The van der Waals surface area contributed by atoms with Crippen molar-refractivity contribution in [3.05, 3.63) is 36.0 Å². The van der Waals surface area contributed by atoms with Gasteiger partial charge in [-0.25, -0.2) is 19.9 Å². The Kier molecular flexibility index (Phi) is 5.36. The van der Waals surface area contributed by atoms with Gasteiger partial charge in [-0.3, -0.25) is 4.57 Å². The van der Waals surface area contributed by atoms with Crippen molar-refractivity contribution in [1.29, 1.82) is 0 Å². The number of rotatable bonds is 5. The highest BCUT2D eigenvalue weighted by Gasteiger charge is 2.44. The fourth-order valence-electron chi connectivity index (χ4n) is 4.09. The maximum absolute atomic E-state index is 10.3. The Hall–Kier alpha value is -2.57. The van der Waals surface area contributed by atoms with E-state index in [4.69, 9.17) is 16.3 Å². The summed E-state index contributed by atoms with van der Waals surface area (Å²) in [5, 5.41) is 33.7. The Morgan fingerprint density at radius 1 is 1.16 bits per heavy atom. The van der Waals surface area contributed by atoms with Crippen LogP contribution < -0.4 is 10.2 Å². The van der Waals surface area contributed by atoms with Crippen molar-refractivity contribution in [3.63, 3.8) is 0 Å². The van der Waals surface area contributed by atoms with E-state index in [1.165, 1.54) is 12.7 Å². The predicted molar refractivity (Wildman–Crippen MR) is 112 cm³/mol. The summed E-state index contributed by atoms with van der Waals surface area (Å²) in [7, 11) is 0. The van der Waals surface area contributed by atoms with Crippen molar-refractivity contribution >= 4 is 34.4 Å². The van der Waals surface area contributed by atoms with Crippen LogP contribution in [0.2, 0.25) is 5.02 Å². The van der Waals surface area contributed by atoms with Gasteiger partial charge in [0, 0.05) is 25.3 Å². The summed E-state index contributed by atoms with van der Waals surface area (Å²) in [5.74, 6) is 1.45. The van der Waals surface area contributed by atoms with Crippen LogP contribution in [0.25, 0.3) is 11.2 Å². The minimum atomic E-state index is -1.21. The second kappa shape index (κ2) is 8.17. The van der Waals surface area contributed by atoms with Crippen molar-refractivity contribution in [3.8, 4) is 0 Å². The van der Waals surface area contributed by atoms with Gasteiger partial charge in [-0.2, -0.15) is 0 Å².